The number of nitrogens with zero attached hydrogens (tertiary/aromatic N) is 2. The van der Waals surface area contributed by atoms with E-state index in [9.17, 15) is 18.5 Å². The second kappa shape index (κ2) is 7.81. The monoisotopic (exact) mass is 422 g/mol. The average molecular weight is 423 g/mol. The molecule has 2 aromatic rings. The van der Waals surface area contributed by atoms with E-state index in [1.807, 2.05) is 32.0 Å². The number of halogens is 1. The molecule has 2 aromatic carbocycles. The number of nitro groups is 1. The van der Waals surface area contributed by atoms with Crippen molar-refractivity contribution in [2.24, 2.45) is 0 Å². The van der Waals surface area contributed by atoms with Gasteiger partial charge < -0.3 is 0 Å². The Labute approximate surface area is 170 Å². The van der Waals surface area contributed by atoms with E-state index < -0.39 is 20.5 Å². The number of hydrogen-bond acceptors (Lipinski definition) is 4. The van der Waals surface area contributed by atoms with Crippen LogP contribution in [0.4, 0.5) is 5.69 Å². The van der Waals surface area contributed by atoms with E-state index in [1.165, 1.54) is 24.3 Å². The summed E-state index contributed by atoms with van der Waals surface area (Å²) in [6, 6.07) is 12.7. The highest BCUT2D eigenvalue weighted by Gasteiger charge is 2.49. The first-order valence-corrected chi connectivity index (χ1v) is 11.1. The molecular weight excluding hydrogens is 400 g/mol. The Morgan fingerprint density at radius 2 is 1.82 bits per heavy atom. The standard InChI is InChI=1S/C20H23ClN2O4S/c1-3-20(4-2)13-16(15-6-5-7-17(21)12-15)14-22(20)28(26,27)19-10-8-18(9-11-19)23(24)25/h5-12,16H,3-4,13-14H2,1-2H3. The normalized spacial score (nSPS) is 19.6. The van der Waals surface area contributed by atoms with Crippen LogP contribution in [0.15, 0.2) is 53.4 Å². The van der Waals surface area contributed by atoms with Gasteiger partial charge in [0.2, 0.25) is 10.0 Å². The fourth-order valence-electron chi connectivity index (χ4n) is 4.11. The summed E-state index contributed by atoms with van der Waals surface area (Å²) in [5.41, 5.74) is 0.405. The van der Waals surface area contributed by atoms with Crippen LogP contribution in [0.2, 0.25) is 5.02 Å². The second-order valence-electron chi connectivity index (χ2n) is 7.17. The van der Waals surface area contributed by atoms with Gasteiger partial charge in [0, 0.05) is 29.2 Å². The molecule has 1 heterocycles. The zero-order valence-electron chi connectivity index (χ0n) is 15.8. The summed E-state index contributed by atoms with van der Waals surface area (Å²) in [4.78, 5) is 10.4. The van der Waals surface area contributed by atoms with Gasteiger partial charge in [-0.15, -0.1) is 0 Å². The number of benzene rings is 2. The summed E-state index contributed by atoms with van der Waals surface area (Å²) in [6.07, 6.45) is 2.09. The summed E-state index contributed by atoms with van der Waals surface area (Å²) < 4.78 is 28.4. The number of sulfonamides is 1. The molecule has 1 aliphatic rings. The molecule has 1 fully saturated rings. The predicted molar refractivity (Wildman–Crippen MR) is 109 cm³/mol. The van der Waals surface area contributed by atoms with Gasteiger partial charge in [-0.25, -0.2) is 8.42 Å². The van der Waals surface area contributed by atoms with Gasteiger partial charge in [0.05, 0.1) is 9.82 Å². The van der Waals surface area contributed by atoms with Gasteiger partial charge in [0.1, 0.15) is 0 Å². The smallest absolute Gasteiger partial charge is 0.258 e. The van der Waals surface area contributed by atoms with Crippen molar-refractivity contribution in [2.45, 2.75) is 49.5 Å². The predicted octanol–water partition coefficient (Wildman–Crippen LogP) is 4.99. The van der Waals surface area contributed by atoms with Crippen LogP contribution in [0.25, 0.3) is 0 Å². The third kappa shape index (κ3) is 3.66. The molecule has 28 heavy (non-hydrogen) atoms. The van der Waals surface area contributed by atoms with Gasteiger partial charge in [0.15, 0.2) is 0 Å². The summed E-state index contributed by atoms with van der Waals surface area (Å²) in [6.45, 7) is 4.37. The number of nitro benzene ring substituents is 1. The van der Waals surface area contributed by atoms with E-state index in [1.54, 1.807) is 10.4 Å². The fraction of sp³-hybridized carbons (Fsp3) is 0.400. The topological polar surface area (TPSA) is 80.5 Å². The van der Waals surface area contributed by atoms with Gasteiger partial charge in [-0.05, 0) is 55.0 Å². The maximum atomic E-state index is 13.4. The third-order valence-electron chi connectivity index (χ3n) is 5.81. The Morgan fingerprint density at radius 1 is 1.18 bits per heavy atom. The van der Waals surface area contributed by atoms with Gasteiger partial charge >= 0.3 is 0 Å². The molecule has 0 aromatic heterocycles. The number of hydrogen-bond donors (Lipinski definition) is 0. The zero-order valence-corrected chi connectivity index (χ0v) is 17.4. The molecule has 150 valence electrons. The van der Waals surface area contributed by atoms with E-state index in [0.717, 1.165) is 5.56 Å². The average Bonchev–Trinajstić information content (AvgIpc) is 3.09. The summed E-state index contributed by atoms with van der Waals surface area (Å²) >= 11 is 6.14. The van der Waals surface area contributed by atoms with Crippen molar-refractivity contribution in [1.29, 1.82) is 0 Å². The van der Waals surface area contributed by atoms with Crippen LogP contribution >= 0.6 is 11.6 Å². The van der Waals surface area contributed by atoms with Crippen molar-refractivity contribution in [2.75, 3.05) is 6.54 Å². The highest BCUT2D eigenvalue weighted by Crippen LogP contribution is 2.46. The molecule has 1 aliphatic heterocycles. The Kier molecular flexibility index (Phi) is 5.79. The van der Waals surface area contributed by atoms with E-state index in [2.05, 4.69) is 0 Å². The molecule has 6 nitrogen and oxygen atoms in total. The lowest BCUT2D eigenvalue weighted by atomic mass is 9.85. The molecule has 0 N–H and O–H groups in total. The van der Waals surface area contributed by atoms with Crippen molar-refractivity contribution in [3.63, 3.8) is 0 Å². The van der Waals surface area contributed by atoms with Gasteiger partial charge in [-0.2, -0.15) is 4.31 Å². The lowest BCUT2D eigenvalue weighted by Gasteiger charge is -2.36. The van der Waals surface area contributed by atoms with Crippen LogP contribution in [-0.2, 0) is 10.0 Å². The van der Waals surface area contributed by atoms with Crippen molar-refractivity contribution in [3.8, 4) is 0 Å². The third-order valence-corrected chi connectivity index (χ3v) is 8.03. The van der Waals surface area contributed by atoms with Gasteiger partial charge in [0.25, 0.3) is 5.69 Å². The quantitative estimate of drug-likeness (QED) is 0.485. The molecule has 8 heteroatoms. The van der Waals surface area contributed by atoms with Crippen LogP contribution in [0.3, 0.4) is 0 Å². The maximum absolute atomic E-state index is 13.4. The summed E-state index contributed by atoms with van der Waals surface area (Å²) in [5.74, 6) is 0.0476. The van der Waals surface area contributed by atoms with E-state index >= 15 is 0 Å². The minimum atomic E-state index is -3.79. The SMILES string of the molecule is CCC1(CC)CC(c2cccc(Cl)c2)CN1S(=O)(=O)c1ccc([N+](=O)[O-])cc1. The van der Waals surface area contributed by atoms with Gasteiger partial charge in [-0.1, -0.05) is 37.6 Å². The van der Waals surface area contributed by atoms with Gasteiger partial charge in [-0.3, -0.25) is 10.1 Å². The molecule has 3 rings (SSSR count). The van der Waals surface area contributed by atoms with Crippen molar-refractivity contribution < 1.29 is 13.3 Å². The first-order valence-electron chi connectivity index (χ1n) is 9.26. The lowest BCUT2D eigenvalue weighted by molar-refractivity contribution is -0.384. The molecule has 0 amide bonds. The summed E-state index contributed by atoms with van der Waals surface area (Å²) in [5, 5.41) is 11.5. The molecule has 0 aliphatic carbocycles. The van der Waals surface area contributed by atoms with Crippen LogP contribution in [0, 0.1) is 10.1 Å². The van der Waals surface area contributed by atoms with Crippen molar-refractivity contribution >= 4 is 27.3 Å². The van der Waals surface area contributed by atoms with E-state index in [-0.39, 0.29) is 16.5 Å². The molecule has 0 radical (unpaired) electrons. The van der Waals surface area contributed by atoms with Crippen molar-refractivity contribution in [3.05, 3.63) is 69.2 Å². The Balaban J connectivity index is 2.00. The zero-order chi connectivity index (χ0) is 20.5. The van der Waals surface area contributed by atoms with Crippen LogP contribution in [-0.4, -0.2) is 29.7 Å². The van der Waals surface area contributed by atoms with Crippen molar-refractivity contribution in [1.82, 2.24) is 4.31 Å². The lowest BCUT2D eigenvalue weighted by Crippen LogP contribution is -2.46. The minimum absolute atomic E-state index is 0.0476. The molecule has 1 saturated heterocycles. The second-order valence-corrected chi connectivity index (χ2v) is 9.47. The Bertz CT molecular complexity index is 972. The molecule has 0 spiro atoms. The minimum Gasteiger partial charge on any atom is -0.258 e. The molecule has 0 bridgehead atoms. The molecule has 1 atom stereocenters. The Hall–Kier alpha value is -1.96. The first kappa shape index (κ1) is 20.8. The molecule has 1 unspecified atom stereocenters. The highest BCUT2D eigenvalue weighted by atomic mass is 35.5. The fourth-order valence-corrected chi connectivity index (χ4v) is 6.27. The first-order chi connectivity index (χ1) is 13.2. The highest BCUT2D eigenvalue weighted by molar-refractivity contribution is 7.89. The number of rotatable bonds is 6. The largest absolute Gasteiger partial charge is 0.269 e. The molecule has 0 saturated carbocycles. The van der Waals surface area contributed by atoms with Crippen LogP contribution in [0.1, 0.15) is 44.6 Å². The maximum Gasteiger partial charge on any atom is 0.269 e. The summed E-state index contributed by atoms with van der Waals surface area (Å²) in [7, 11) is -3.79. The Morgan fingerprint density at radius 3 is 2.36 bits per heavy atom. The van der Waals surface area contributed by atoms with Crippen LogP contribution < -0.4 is 0 Å². The van der Waals surface area contributed by atoms with E-state index in [4.69, 9.17) is 11.6 Å². The van der Waals surface area contributed by atoms with E-state index in [0.29, 0.717) is 30.8 Å². The van der Waals surface area contributed by atoms with Crippen LogP contribution in [0.5, 0.6) is 0 Å². The molecular formula is C20H23ClN2O4S. The number of non-ortho nitro benzene ring substituents is 1.